The predicted octanol–water partition coefficient (Wildman–Crippen LogP) is 6.85. The Bertz CT molecular complexity index is 1020. The fourth-order valence-electron chi connectivity index (χ4n) is 3.43. The van der Waals surface area contributed by atoms with Crippen LogP contribution >= 0.6 is 11.8 Å². The standard InChI is InChI=1S/C25H27NO2S/c1-25(2,3)20-14-19(10-13-23(20)29-15-16-4-5-16)22-12-11-21(26-22)17-6-8-18(9-7-17)24(27)28/h6-14,16,26H,4-5,15H2,1-3H3,(H,27,28). The van der Waals surface area contributed by atoms with Crippen molar-refractivity contribution in [2.75, 3.05) is 5.75 Å². The van der Waals surface area contributed by atoms with Crippen LogP contribution in [-0.2, 0) is 5.41 Å². The molecule has 0 bridgehead atoms. The maximum atomic E-state index is 11.1. The van der Waals surface area contributed by atoms with Gasteiger partial charge in [0.05, 0.1) is 5.56 Å². The van der Waals surface area contributed by atoms with Crippen molar-refractivity contribution in [3.8, 4) is 22.5 Å². The number of carboxylic acids is 1. The van der Waals surface area contributed by atoms with Crippen molar-refractivity contribution in [1.29, 1.82) is 0 Å². The number of nitrogens with one attached hydrogen (secondary N) is 1. The largest absolute Gasteiger partial charge is 0.478 e. The maximum absolute atomic E-state index is 11.1. The lowest BCUT2D eigenvalue weighted by atomic mass is 9.86. The Morgan fingerprint density at radius 1 is 1.00 bits per heavy atom. The molecule has 4 rings (SSSR count). The number of rotatable bonds is 6. The lowest BCUT2D eigenvalue weighted by molar-refractivity contribution is 0.0697. The number of hydrogen-bond donors (Lipinski definition) is 2. The van der Waals surface area contributed by atoms with Crippen molar-refractivity contribution in [3.05, 3.63) is 65.7 Å². The van der Waals surface area contributed by atoms with E-state index in [4.69, 9.17) is 5.11 Å². The number of aromatic nitrogens is 1. The molecule has 150 valence electrons. The molecule has 0 amide bonds. The Labute approximate surface area is 176 Å². The Morgan fingerprint density at radius 2 is 1.62 bits per heavy atom. The highest BCUT2D eigenvalue weighted by Gasteiger charge is 2.24. The number of hydrogen-bond acceptors (Lipinski definition) is 2. The van der Waals surface area contributed by atoms with Crippen LogP contribution < -0.4 is 0 Å². The Kier molecular flexibility index (Phi) is 5.30. The van der Waals surface area contributed by atoms with E-state index in [1.807, 2.05) is 23.9 Å². The summed E-state index contributed by atoms with van der Waals surface area (Å²) >= 11 is 2.00. The second-order valence-electron chi connectivity index (χ2n) is 8.88. The summed E-state index contributed by atoms with van der Waals surface area (Å²) in [7, 11) is 0. The molecular weight excluding hydrogens is 378 g/mol. The highest BCUT2D eigenvalue weighted by Crippen LogP contribution is 2.40. The minimum atomic E-state index is -0.905. The van der Waals surface area contributed by atoms with E-state index in [9.17, 15) is 4.79 Å². The smallest absolute Gasteiger partial charge is 0.335 e. The van der Waals surface area contributed by atoms with Gasteiger partial charge < -0.3 is 10.1 Å². The molecule has 1 saturated carbocycles. The monoisotopic (exact) mass is 405 g/mol. The van der Waals surface area contributed by atoms with Gasteiger partial charge in [0.2, 0.25) is 0 Å². The molecular formula is C25H27NO2S. The minimum absolute atomic E-state index is 0.0873. The molecule has 1 aromatic heterocycles. The van der Waals surface area contributed by atoms with Crippen LogP contribution in [-0.4, -0.2) is 21.8 Å². The summed E-state index contributed by atoms with van der Waals surface area (Å²) in [5.74, 6) is 1.23. The van der Waals surface area contributed by atoms with Crippen LogP contribution in [0.2, 0.25) is 0 Å². The molecule has 1 heterocycles. The van der Waals surface area contributed by atoms with Crippen LogP contribution in [0.3, 0.4) is 0 Å². The first-order valence-electron chi connectivity index (χ1n) is 10.1. The molecule has 1 fully saturated rings. The molecule has 29 heavy (non-hydrogen) atoms. The van der Waals surface area contributed by atoms with Crippen molar-refractivity contribution in [1.82, 2.24) is 4.98 Å². The molecule has 0 unspecified atom stereocenters. The van der Waals surface area contributed by atoms with Gasteiger partial charge >= 0.3 is 5.97 Å². The van der Waals surface area contributed by atoms with Gasteiger partial charge in [0.15, 0.2) is 0 Å². The number of aromatic amines is 1. The minimum Gasteiger partial charge on any atom is -0.478 e. The second kappa shape index (κ2) is 7.75. The van der Waals surface area contributed by atoms with Gasteiger partial charge in [-0.1, -0.05) is 39.0 Å². The van der Waals surface area contributed by atoms with Crippen LogP contribution in [0.1, 0.15) is 49.5 Å². The van der Waals surface area contributed by atoms with Crippen LogP contribution in [0.5, 0.6) is 0 Å². The van der Waals surface area contributed by atoms with E-state index in [1.54, 1.807) is 12.1 Å². The molecule has 2 aromatic carbocycles. The molecule has 0 saturated heterocycles. The third-order valence-electron chi connectivity index (χ3n) is 5.40. The quantitative estimate of drug-likeness (QED) is 0.441. The van der Waals surface area contributed by atoms with Gasteiger partial charge in [0.1, 0.15) is 0 Å². The first-order valence-corrected chi connectivity index (χ1v) is 11.1. The van der Waals surface area contributed by atoms with E-state index in [0.717, 1.165) is 22.9 Å². The van der Waals surface area contributed by atoms with Crippen molar-refractivity contribution in [2.24, 2.45) is 5.92 Å². The van der Waals surface area contributed by atoms with Crippen LogP contribution in [0.15, 0.2) is 59.5 Å². The average Bonchev–Trinajstić information content (AvgIpc) is 3.39. The number of aromatic carboxylic acids is 1. The van der Waals surface area contributed by atoms with E-state index >= 15 is 0 Å². The molecule has 0 spiro atoms. The van der Waals surface area contributed by atoms with Gasteiger partial charge in [0.25, 0.3) is 0 Å². The molecule has 3 nitrogen and oxygen atoms in total. The van der Waals surface area contributed by atoms with Gasteiger partial charge in [-0.15, -0.1) is 11.8 Å². The third kappa shape index (κ3) is 4.59. The number of carbonyl (C=O) groups is 1. The average molecular weight is 406 g/mol. The van der Waals surface area contributed by atoms with Crippen LogP contribution in [0, 0.1) is 5.92 Å². The molecule has 0 radical (unpaired) electrons. The Balaban J connectivity index is 1.61. The predicted molar refractivity (Wildman–Crippen MR) is 121 cm³/mol. The molecule has 1 aliphatic rings. The number of H-pyrrole nitrogens is 1. The SMILES string of the molecule is CC(C)(C)c1cc(-c2ccc(-c3ccc(C(=O)O)cc3)[nH]2)ccc1SCC1CC1. The van der Waals surface area contributed by atoms with Crippen LogP contribution in [0.4, 0.5) is 0 Å². The summed E-state index contributed by atoms with van der Waals surface area (Å²) in [6, 6.07) is 17.9. The number of carboxylic acid groups (broad SMARTS) is 1. The molecule has 0 atom stereocenters. The van der Waals surface area contributed by atoms with E-state index in [2.05, 4.69) is 56.1 Å². The van der Waals surface area contributed by atoms with Gasteiger partial charge in [0, 0.05) is 22.0 Å². The summed E-state index contributed by atoms with van der Waals surface area (Å²) < 4.78 is 0. The van der Waals surface area contributed by atoms with Gasteiger partial charge in [-0.25, -0.2) is 4.79 Å². The van der Waals surface area contributed by atoms with Gasteiger partial charge in [-0.05, 0) is 77.3 Å². The summed E-state index contributed by atoms with van der Waals surface area (Å²) in [5.41, 5.74) is 6.00. The van der Waals surface area contributed by atoms with Crippen molar-refractivity contribution in [2.45, 2.75) is 43.9 Å². The fraction of sp³-hybridized carbons (Fsp3) is 0.320. The summed E-state index contributed by atoms with van der Waals surface area (Å²) in [5, 5.41) is 9.08. The van der Waals surface area contributed by atoms with Crippen molar-refractivity contribution in [3.63, 3.8) is 0 Å². The van der Waals surface area contributed by atoms with Crippen LogP contribution in [0.25, 0.3) is 22.5 Å². The van der Waals surface area contributed by atoms with Crippen molar-refractivity contribution < 1.29 is 9.90 Å². The van der Waals surface area contributed by atoms with Gasteiger partial charge in [-0.2, -0.15) is 0 Å². The van der Waals surface area contributed by atoms with E-state index in [1.165, 1.54) is 34.6 Å². The van der Waals surface area contributed by atoms with E-state index in [-0.39, 0.29) is 5.41 Å². The zero-order valence-corrected chi connectivity index (χ0v) is 18.0. The third-order valence-corrected chi connectivity index (χ3v) is 6.70. The highest BCUT2D eigenvalue weighted by molar-refractivity contribution is 7.99. The summed E-state index contributed by atoms with van der Waals surface area (Å²) in [4.78, 5) is 15.9. The molecule has 1 aliphatic carbocycles. The Hall–Kier alpha value is -2.46. The topological polar surface area (TPSA) is 53.1 Å². The summed E-state index contributed by atoms with van der Waals surface area (Å²) in [6.45, 7) is 6.83. The summed E-state index contributed by atoms with van der Waals surface area (Å²) in [6.07, 6.45) is 2.77. The molecule has 0 aliphatic heterocycles. The van der Waals surface area contributed by atoms with E-state index in [0.29, 0.717) is 5.56 Å². The first-order chi connectivity index (χ1) is 13.8. The Morgan fingerprint density at radius 3 is 2.21 bits per heavy atom. The second-order valence-corrected chi connectivity index (χ2v) is 9.95. The lowest BCUT2D eigenvalue weighted by Gasteiger charge is -2.23. The van der Waals surface area contributed by atoms with Gasteiger partial charge in [-0.3, -0.25) is 0 Å². The normalized spacial score (nSPS) is 14.2. The zero-order valence-electron chi connectivity index (χ0n) is 17.2. The van der Waals surface area contributed by atoms with E-state index < -0.39 is 5.97 Å². The fourth-order valence-corrected chi connectivity index (χ4v) is 4.86. The molecule has 4 heteroatoms. The number of benzene rings is 2. The first kappa shape index (κ1) is 19.8. The van der Waals surface area contributed by atoms with Crippen molar-refractivity contribution >= 4 is 17.7 Å². The number of thioether (sulfide) groups is 1. The highest BCUT2D eigenvalue weighted by atomic mass is 32.2. The molecule has 3 aromatic rings. The maximum Gasteiger partial charge on any atom is 0.335 e. The zero-order chi connectivity index (χ0) is 20.6. The lowest BCUT2D eigenvalue weighted by Crippen LogP contribution is -2.13. The molecule has 2 N–H and O–H groups in total.